The van der Waals surface area contributed by atoms with Crippen LogP contribution in [0.5, 0.6) is 0 Å². The van der Waals surface area contributed by atoms with Crippen molar-refractivity contribution in [1.29, 1.82) is 0 Å². The maximum absolute atomic E-state index is 10.1. The summed E-state index contributed by atoms with van der Waals surface area (Å²) in [6.07, 6.45) is 23.1. The van der Waals surface area contributed by atoms with E-state index in [-0.39, 0.29) is 0 Å². The molecule has 0 aliphatic heterocycles. The minimum atomic E-state index is -0.666. The molecular weight excluding hydrogens is 432 g/mol. The molecule has 204 valence electrons. The van der Waals surface area contributed by atoms with E-state index in [1.54, 1.807) is 0 Å². The Kier molecular flexibility index (Phi) is 36.5. The average Bonchev–Trinajstić information content (AvgIpc) is 2.78. The van der Waals surface area contributed by atoms with Gasteiger partial charge >= 0.3 is 17.9 Å². The molecule has 6 heteroatoms. The summed E-state index contributed by atoms with van der Waals surface area (Å²) in [6.45, 7) is 6.55. The topological polar surface area (TPSA) is 112 Å². The molecule has 0 saturated carbocycles. The standard InChI is InChI=1S/C10H20O2.2C9H18O2/c1-2-3-4-5-6-7-8-9-10(11)12;2*1-2-3-4-5-6-7-8-9(10)11/h2-9H2,1H3,(H,11,12);2*2-8H2,1H3,(H,10,11). The first-order chi connectivity index (χ1) is 16.3. The molecule has 0 rings (SSSR count). The van der Waals surface area contributed by atoms with Crippen molar-refractivity contribution in [3.8, 4) is 0 Å². The van der Waals surface area contributed by atoms with E-state index in [0.717, 1.165) is 38.5 Å². The van der Waals surface area contributed by atoms with Crippen LogP contribution in [0, 0.1) is 0 Å². The molecule has 0 aliphatic rings. The monoisotopic (exact) mass is 488 g/mol. The van der Waals surface area contributed by atoms with Crippen LogP contribution in [0.1, 0.15) is 162 Å². The second kappa shape index (κ2) is 33.6. The SMILES string of the molecule is CCCCCCCCC(=O)O.CCCCCCCCC(=O)O.CCCCCCCCCC(=O)O. The van der Waals surface area contributed by atoms with Crippen molar-refractivity contribution < 1.29 is 29.7 Å². The Labute approximate surface area is 209 Å². The quantitative estimate of drug-likeness (QED) is 0.131. The van der Waals surface area contributed by atoms with E-state index in [9.17, 15) is 14.4 Å². The van der Waals surface area contributed by atoms with E-state index in [0.29, 0.717) is 19.3 Å². The van der Waals surface area contributed by atoms with Crippen molar-refractivity contribution in [2.45, 2.75) is 162 Å². The lowest BCUT2D eigenvalue weighted by atomic mass is 10.1. The molecule has 0 atom stereocenters. The number of unbranched alkanes of at least 4 members (excludes halogenated alkanes) is 16. The van der Waals surface area contributed by atoms with E-state index in [2.05, 4.69) is 20.8 Å². The van der Waals surface area contributed by atoms with Crippen molar-refractivity contribution >= 4 is 17.9 Å². The lowest BCUT2D eigenvalue weighted by molar-refractivity contribution is -0.138. The van der Waals surface area contributed by atoms with Crippen molar-refractivity contribution in [3.05, 3.63) is 0 Å². The van der Waals surface area contributed by atoms with Crippen LogP contribution in [0.2, 0.25) is 0 Å². The highest BCUT2D eigenvalue weighted by Crippen LogP contribution is 2.08. The first-order valence-electron chi connectivity index (χ1n) is 14.0. The van der Waals surface area contributed by atoms with Gasteiger partial charge < -0.3 is 15.3 Å². The lowest BCUT2D eigenvalue weighted by Gasteiger charge is -1.98. The molecule has 0 aromatic carbocycles. The molecule has 0 fully saturated rings. The maximum atomic E-state index is 10.1. The van der Waals surface area contributed by atoms with Gasteiger partial charge in [-0.1, -0.05) is 124 Å². The Balaban J connectivity index is -0.000000425. The predicted octanol–water partition coefficient (Wildman–Crippen LogP) is 8.85. The summed E-state index contributed by atoms with van der Waals surface area (Å²) in [5.41, 5.74) is 0. The fourth-order valence-electron chi connectivity index (χ4n) is 3.35. The molecule has 0 unspecified atom stereocenters. The Hall–Kier alpha value is -1.59. The van der Waals surface area contributed by atoms with Crippen LogP contribution in [-0.2, 0) is 14.4 Å². The largest absolute Gasteiger partial charge is 0.481 e. The zero-order valence-corrected chi connectivity index (χ0v) is 22.6. The minimum absolute atomic E-state index is 0.339. The van der Waals surface area contributed by atoms with Gasteiger partial charge in [0.2, 0.25) is 0 Å². The van der Waals surface area contributed by atoms with Gasteiger partial charge in [0.1, 0.15) is 0 Å². The molecular formula is C28H56O6. The van der Waals surface area contributed by atoms with Crippen LogP contribution in [0.4, 0.5) is 0 Å². The molecule has 0 aromatic heterocycles. The smallest absolute Gasteiger partial charge is 0.303 e. The van der Waals surface area contributed by atoms with Crippen molar-refractivity contribution in [3.63, 3.8) is 0 Å². The van der Waals surface area contributed by atoms with Gasteiger partial charge in [0.05, 0.1) is 0 Å². The van der Waals surface area contributed by atoms with Gasteiger partial charge in [-0.15, -0.1) is 0 Å². The Morgan fingerprint density at radius 3 is 0.706 bits per heavy atom. The molecule has 6 nitrogen and oxygen atoms in total. The summed E-state index contributed by atoms with van der Waals surface area (Å²) in [5.74, 6) is -2.00. The molecule has 0 aromatic rings. The normalized spacial score (nSPS) is 9.97. The fraction of sp³-hybridized carbons (Fsp3) is 0.893. The molecule has 0 spiro atoms. The summed E-state index contributed by atoms with van der Waals surface area (Å²) in [6, 6.07) is 0. The molecule has 34 heavy (non-hydrogen) atoms. The van der Waals surface area contributed by atoms with E-state index in [1.807, 2.05) is 0 Å². The fourth-order valence-corrected chi connectivity index (χ4v) is 3.35. The van der Waals surface area contributed by atoms with Crippen LogP contribution < -0.4 is 0 Å². The van der Waals surface area contributed by atoms with Gasteiger partial charge in [0.25, 0.3) is 0 Å². The van der Waals surface area contributed by atoms with Crippen LogP contribution in [0.3, 0.4) is 0 Å². The zero-order chi connectivity index (χ0) is 26.3. The van der Waals surface area contributed by atoms with Crippen molar-refractivity contribution in [1.82, 2.24) is 0 Å². The highest BCUT2D eigenvalue weighted by atomic mass is 16.4. The third kappa shape index (κ3) is 48.0. The first kappa shape index (κ1) is 37.0. The lowest BCUT2D eigenvalue weighted by Crippen LogP contribution is -1.93. The molecule has 0 radical (unpaired) electrons. The number of hydrogen-bond acceptors (Lipinski definition) is 3. The van der Waals surface area contributed by atoms with Crippen molar-refractivity contribution in [2.75, 3.05) is 0 Å². The molecule has 0 amide bonds. The van der Waals surface area contributed by atoms with E-state index >= 15 is 0 Å². The highest BCUT2D eigenvalue weighted by molar-refractivity contribution is 5.67. The summed E-state index contributed by atoms with van der Waals surface area (Å²) in [5, 5.41) is 25.0. The number of carboxylic acid groups (broad SMARTS) is 3. The third-order valence-electron chi connectivity index (χ3n) is 5.48. The number of carbonyl (C=O) groups is 3. The molecule has 0 aliphatic carbocycles. The van der Waals surface area contributed by atoms with Crippen LogP contribution in [-0.4, -0.2) is 33.2 Å². The van der Waals surface area contributed by atoms with E-state index < -0.39 is 17.9 Å². The van der Waals surface area contributed by atoms with Gasteiger partial charge in [-0.2, -0.15) is 0 Å². The van der Waals surface area contributed by atoms with E-state index in [4.69, 9.17) is 15.3 Å². The number of hydrogen-bond donors (Lipinski definition) is 3. The van der Waals surface area contributed by atoms with Gasteiger partial charge in [0.15, 0.2) is 0 Å². The average molecular weight is 489 g/mol. The molecule has 3 N–H and O–H groups in total. The highest BCUT2D eigenvalue weighted by Gasteiger charge is 1.97. The summed E-state index contributed by atoms with van der Waals surface area (Å²) >= 11 is 0. The van der Waals surface area contributed by atoms with E-state index in [1.165, 1.54) is 83.5 Å². The number of rotatable bonds is 22. The van der Waals surface area contributed by atoms with Crippen molar-refractivity contribution in [2.24, 2.45) is 0 Å². The van der Waals surface area contributed by atoms with Gasteiger partial charge in [-0.05, 0) is 19.3 Å². The third-order valence-corrected chi connectivity index (χ3v) is 5.48. The second-order valence-corrected chi connectivity index (χ2v) is 9.09. The number of aliphatic carboxylic acids is 3. The van der Waals surface area contributed by atoms with Crippen LogP contribution in [0.25, 0.3) is 0 Å². The minimum Gasteiger partial charge on any atom is -0.481 e. The molecule has 0 heterocycles. The van der Waals surface area contributed by atoms with Crippen LogP contribution in [0.15, 0.2) is 0 Å². The number of carboxylic acids is 3. The van der Waals surface area contributed by atoms with Crippen LogP contribution >= 0.6 is 0 Å². The Morgan fingerprint density at radius 2 is 0.529 bits per heavy atom. The van der Waals surface area contributed by atoms with Gasteiger partial charge in [-0.3, -0.25) is 14.4 Å². The maximum Gasteiger partial charge on any atom is 0.303 e. The Bertz CT molecular complexity index is 411. The summed E-state index contributed by atoms with van der Waals surface area (Å²) < 4.78 is 0. The molecule has 0 bridgehead atoms. The first-order valence-corrected chi connectivity index (χ1v) is 14.0. The zero-order valence-electron chi connectivity index (χ0n) is 22.6. The van der Waals surface area contributed by atoms with Gasteiger partial charge in [0, 0.05) is 19.3 Å². The Morgan fingerprint density at radius 1 is 0.353 bits per heavy atom. The molecule has 0 saturated heterocycles. The summed E-state index contributed by atoms with van der Waals surface area (Å²) in [7, 11) is 0. The second-order valence-electron chi connectivity index (χ2n) is 9.09. The predicted molar refractivity (Wildman–Crippen MR) is 142 cm³/mol. The van der Waals surface area contributed by atoms with Gasteiger partial charge in [-0.25, -0.2) is 0 Å². The summed E-state index contributed by atoms with van der Waals surface area (Å²) in [4.78, 5) is 30.3.